The van der Waals surface area contributed by atoms with E-state index in [-0.39, 0.29) is 118 Å². The summed E-state index contributed by atoms with van der Waals surface area (Å²) in [4.78, 5) is -4.99. The van der Waals surface area contributed by atoms with Gasteiger partial charge >= 0.3 is 0 Å². The Morgan fingerprint density at radius 1 is 0.423 bits per heavy atom. The molecule has 4 rings (SSSR count). The first kappa shape index (κ1) is 51.8. The van der Waals surface area contributed by atoms with Crippen LogP contribution in [0.25, 0.3) is 10.8 Å². The monoisotopic (exact) mass is 880 g/mol. The number of azo groups is 2. The summed E-state index contributed by atoms with van der Waals surface area (Å²) in [6.45, 7) is 0. The van der Waals surface area contributed by atoms with E-state index in [4.69, 9.17) is 23.2 Å². The number of nitrogens with zero attached hydrogens (tertiary/aromatic N) is 4. The van der Waals surface area contributed by atoms with Gasteiger partial charge in [0.2, 0.25) is 0 Å². The van der Waals surface area contributed by atoms with Crippen molar-refractivity contribution in [3.63, 3.8) is 0 Å². The van der Waals surface area contributed by atoms with Crippen molar-refractivity contribution in [1.82, 2.24) is 0 Å². The quantitative estimate of drug-likeness (QED) is 0.0715. The third-order valence-electron chi connectivity index (χ3n) is 5.92. The molecular weight excluding hydrogens is 867 g/mol. The summed E-state index contributed by atoms with van der Waals surface area (Å²) in [5.74, 6) is -5.33. The molecule has 0 aliphatic rings. The van der Waals surface area contributed by atoms with Crippen LogP contribution in [-0.4, -0.2) is 191 Å². The maximum Gasteiger partial charge on any atom is 0.298 e. The van der Waals surface area contributed by atoms with E-state index in [0.717, 1.165) is 12.1 Å². The van der Waals surface area contributed by atoms with Crippen LogP contribution in [0.2, 0.25) is 10.0 Å². The summed E-state index contributed by atoms with van der Waals surface area (Å²) in [6.07, 6.45) is 0. The maximum absolute atomic E-state index is 12.2. The van der Waals surface area contributed by atoms with E-state index < -0.39 is 127 Å². The molecule has 4 aromatic rings. The minimum Gasteiger partial charge on any atom is -0.505 e. The van der Waals surface area contributed by atoms with E-state index in [1.807, 2.05) is 0 Å². The van der Waals surface area contributed by atoms with Gasteiger partial charge in [0.05, 0.1) is 5.39 Å². The zero-order valence-corrected chi connectivity index (χ0v) is 39.3. The van der Waals surface area contributed by atoms with E-state index in [1.54, 1.807) is 0 Å². The fourth-order valence-corrected chi connectivity index (χ4v) is 7.04. The third-order valence-corrected chi connectivity index (χ3v) is 9.82. The molecule has 8 N–H and O–H groups in total. The van der Waals surface area contributed by atoms with Gasteiger partial charge in [-0.1, -0.05) is 23.2 Å². The average Bonchev–Trinajstić information content (AvgIpc) is 2.92. The molecule has 0 spiro atoms. The standard InChI is InChI=1S/C22H14Cl2N4O16S4.4Na/c23-8-3-10(19(29)14(5-8)47(39,40)41)25-27-17-12(45(33,34)35)1-7-2-13(46(36,37)38)18(22(32)16(7)21(17)31)28-26-11-4-9(24)6-15(20(11)30)48(42,43)44;;;;/h1-6,29-32H,(H,33,34,35)(H,36,37,38)(H,39,40,41)(H,42,43,44);;;;. The van der Waals surface area contributed by atoms with Gasteiger partial charge in [0, 0.05) is 128 Å². The summed E-state index contributed by atoms with van der Waals surface area (Å²) in [5, 5.41) is 53.5. The summed E-state index contributed by atoms with van der Waals surface area (Å²) < 4.78 is 133. The molecule has 0 aliphatic heterocycles. The first-order chi connectivity index (χ1) is 21.8. The van der Waals surface area contributed by atoms with Crippen molar-refractivity contribution < 1.29 is 72.3 Å². The Morgan fingerprint density at radius 2 is 0.712 bits per heavy atom. The maximum atomic E-state index is 12.2. The van der Waals surface area contributed by atoms with Crippen molar-refractivity contribution in [2.45, 2.75) is 19.6 Å². The fraction of sp³-hybridized carbons (Fsp3) is 0. The smallest absolute Gasteiger partial charge is 0.298 e. The number of rotatable bonds is 8. The van der Waals surface area contributed by atoms with Crippen LogP contribution in [-0.2, 0) is 40.5 Å². The Morgan fingerprint density at radius 3 is 0.981 bits per heavy atom. The Kier molecular flexibility index (Phi) is 18.7. The average molecular weight is 882 g/mol. The Labute approximate surface area is 391 Å². The zero-order chi connectivity index (χ0) is 36.3. The van der Waals surface area contributed by atoms with Crippen LogP contribution in [0.15, 0.2) is 76.4 Å². The second-order valence-corrected chi connectivity index (χ2v) is 15.5. The molecule has 0 saturated heterocycles. The van der Waals surface area contributed by atoms with Crippen LogP contribution in [0.3, 0.4) is 0 Å². The Hall–Kier alpha value is -0.240. The van der Waals surface area contributed by atoms with Crippen LogP contribution in [0, 0.1) is 0 Å². The number of hydrogen-bond donors (Lipinski definition) is 8. The molecule has 0 amide bonds. The van der Waals surface area contributed by atoms with Crippen LogP contribution in [0.5, 0.6) is 23.0 Å². The van der Waals surface area contributed by atoms with Crippen LogP contribution in [0.1, 0.15) is 0 Å². The minimum absolute atomic E-state index is 0. The predicted molar refractivity (Wildman–Crippen MR) is 184 cm³/mol. The second-order valence-electron chi connectivity index (χ2n) is 9.09. The SMILES string of the molecule is O=S(=O)(O)c1cc(Cl)cc(N=Nc2c(S(=O)(=O)O)cc3cc(S(=O)(=O)O)c(N=Nc4cc(Cl)cc(S(=O)(=O)O)c4O)c(O)c3c2O)c1O.[Na].[Na].[Na].[Na]. The molecule has 4 radical (unpaired) electrons. The first-order valence-corrected chi connectivity index (χ1v) is 18.2. The van der Waals surface area contributed by atoms with Gasteiger partial charge in [0.25, 0.3) is 40.5 Å². The van der Waals surface area contributed by atoms with Gasteiger partial charge in [-0.25, -0.2) is 0 Å². The minimum atomic E-state index is -5.43. The molecule has 0 aliphatic carbocycles. The van der Waals surface area contributed by atoms with E-state index in [1.165, 1.54) is 0 Å². The Balaban J connectivity index is 0.00000650. The summed E-state index contributed by atoms with van der Waals surface area (Å²) in [5.41, 5.74) is -4.16. The molecule has 0 aromatic heterocycles. The van der Waals surface area contributed by atoms with Crippen LogP contribution >= 0.6 is 23.2 Å². The van der Waals surface area contributed by atoms with E-state index >= 15 is 0 Å². The molecule has 52 heavy (non-hydrogen) atoms. The van der Waals surface area contributed by atoms with Crippen molar-refractivity contribution >= 4 is 215 Å². The second kappa shape index (κ2) is 18.8. The Bertz CT molecular complexity index is 2420. The van der Waals surface area contributed by atoms with Gasteiger partial charge in [0.1, 0.15) is 42.3 Å². The summed E-state index contributed by atoms with van der Waals surface area (Å²) >= 11 is 11.6. The number of phenolic OH excluding ortho intramolecular Hbond substituents is 4. The third kappa shape index (κ3) is 11.4. The van der Waals surface area contributed by atoms with Gasteiger partial charge in [0.15, 0.2) is 23.0 Å². The normalized spacial score (nSPS) is 12.2. The largest absolute Gasteiger partial charge is 0.505 e. The van der Waals surface area contributed by atoms with Crippen molar-refractivity contribution in [2.75, 3.05) is 0 Å². The first-order valence-electron chi connectivity index (χ1n) is 11.7. The number of benzene rings is 4. The molecule has 0 fully saturated rings. The molecule has 30 heteroatoms. The van der Waals surface area contributed by atoms with Gasteiger partial charge in [-0.3, -0.25) is 18.2 Å². The molecule has 20 nitrogen and oxygen atoms in total. The van der Waals surface area contributed by atoms with E-state index in [9.17, 15) is 72.3 Å². The van der Waals surface area contributed by atoms with Gasteiger partial charge in [-0.15, -0.1) is 20.5 Å². The number of hydrogen-bond acceptors (Lipinski definition) is 16. The predicted octanol–water partition coefficient (Wildman–Crippen LogP) is 3.26. The van der Waals surface area contributed by atoms with E-state index in [2.05, 4.69) is 20.5 Å². The topological polar surface area (TPSA) is 348 Å². The molecule has 260 valence electrons. The van der Waals surface area contributed by atoms with Crippen molar-refractivity contribution in [3.05, 3.63) is 46.4 Å². The number of phenols is 4. The molecule has 0 heterocycles. The summed E-state index contributed by atoms with van der Waals surface area (Å²) in [7, 11) is -21.1. The van der Waals surface area contributed by atoms with Gasteiger partial charge in [-0.05, 0) is 41.8 Å². The summed E-state index contributed by atoms with van der Waals surface area (Å²) in [6, 6.07) is 3.61. The molecular formula is C22H14Cl2N4Na4O16S4. The molecule has 0 bridgehead atoms. The fourth-order valence-electron chi connectivity index (χ4n) is 3.92. The van der Waals surface area contributed by atoms with Crippen LogP contribution in [0.4, 0.5) is 22.7 Å². The molecule has 0 atom stereocenters. The molecule has 0 saturated carbocycles. The van der Waals surface area contributed by atoms with E-state index in [0.29, 0.717) is 24.3 Å². The van der Waals surface area contributed by atoms with Crippen LogP contribution < -0.4 is 0 Å². The number of halogens is 2. The molecule has 0 unspecified atom stereocenters. The van der Waals surface area contributed by atoms with Crippen molar-refractivity contribution in [2.24, 2.45) is 20.5 Å². The van der Waals surface area contributed by atoms with Crippen molar-refractivity contribution in [1.29, 1.82) is 0 Å². The molecule has 4 aromatic carbocycles. The van der Waals surface area contributed by atoms with Gasteiger partial charge < -0.3 is 20.4 Å². The van der Waals surface area contributed by atoms with Gasteiger partial charge in [-0.2, -0.15) is 33.7 Å². The zero-order valence-electron chi connectivity index (χ0n) is 26.5. The number of fused-ring (bicyclic) bond motifs is 1. The van der Waals surface area contributed by atoms with Crippen molar-refractivity contribution in [3.8, 4) is 23.0 Å². The number of aromatic hydroxyl groups is 4.